The monoisotopic (exact) mass is 339 g/mol. The molecule has 0 unspecified atom stereocenters. The molecule has 126 valence electrons. The molecule has 1 aromatic carbocycles. The number of piperazine rings is 1. The maximum Gasteiger partial charge on any atom is 0.321 e. The third kappa shape index (κ3) is 4.97. The number of hydrogen-bond acceptors (Lipinski definition) is 4. The van der Waals surface area contributed by atoms with E-state index >= 15 is 0 Å². The van der Waals surface area contributed by atoms with Crippen molar-refractivity contribution < 1.29 is 17.9 Å². The molecule has 1 aromatic rings. The minimum absolute atomic E-state index is 0.233. The highest BCUT2D eigenvalue weighted by Crippen LogP contribution is 2.12. The van der Waals surface area contributed by atoms with Crippen molar-refractivity contribution >= 4 is 22.1 Å². The van der Waals surface area contributed by atoms with E-state index in [1.807, 2.05) is 24.3 Å². The molecule has 1 aliphatic rings. The first kappa shape index (κ1) is 17.3. The van der Waals surface area contributed by atoms with E-state index in [0.29, 0.717) is 26.2 Å². The smallest absolute Gasteiger partial charge is 0.321 e. The van der Waals surface area contributed by atoms with E-state index in [-0.39, 0.29) is 6.03 Å². The summed E-state index contributed by atoms with van der Waals surface area (Å²) in [4.78, 5) is 13.6. The van der Waals surface area contributed by atoms with E-state index in [9.17, 15) is 13.2 Å². The fourth-order valence-electron chi connectivity index (χ4n) is 2.24. The third-order valence-electron chi connectivity index (χ3n) is 3.59. The summed E-state index contributed by atoms with van der Waals surface area (Å²) in [6.07, 6.45) is 4.54. The molecule has 0 bridgehead atoms. The first-order valence-electron chi connectivity index (χ1n) is 7.21. The summed E-state index contributed by atoms with van der Waals surface area (Å²) in [5.74, 6) is 0.773. The molecule has 2 amide bonds. The van der Waals surface area contributed by atoms with Crippen molar-refractivity contribution in [3.63, 3.8) is 0 Å². The fraction of sp³-hybridized carbons (Fsp3) is 0.400. The number of nitrogens with one attached hydrogen (secondary N) is 1. The molecule has 1 saturated heterocycles. The second kappa shape index (κ2) is 7.47. The van der Waals surface area contributed by atoms with Crippen LogP contribution in [0.4, 0.5) is 4.79 Å². The molecule has 0 aliphatic carbocycles. The Bertz CT molecular complexity index is 662. The number of methoxy groups -OCH3 is 1. The molecule has 2 rings (SSSR count). The normalized spacial score (nSPS) is 16.5. The molecule has 1 heterocycles. The predicted molar refractivity (Wildman–Crippen MR) is 88.5 cm³/mol. The summed E-state index contributed by atoms with van der Waals surface area (Å²) >= 11 is 0. The molecule has 23 heavy (non-hydrogen) atoms. The highest BCUT2D eigenvalue weighted by molar-refractivity contribution is 7.88. The number of rotatable bonds is 4. The van der Waals surface area contributed by atoms with Gasteiger partial charge in [0.2, 0.25) is 10.0 Å². The van der Waals surface area contributed by atoms with Crippen LogP contribution in [0.5, 0.6) is 5.75 Å². The van der Waals surface area contributed by atoms with Crippen LogP contribution in [0, 0.1) is 0 Å². The van der Waals surface area contributed by atoms with Gasteiger partial charge in [-0.15, -0.1) is 0 Å². The average Bonchev–Trinajstić information content (AvgIpc) is 2.54. The number of carbonyl (C=O) groups is 1. The molecular weight excluding hydrogens is 318 g/mol. The summed E-state index contributed by atoms with van der Waals surface area (Å²) in [5, 5.41) is 2.69. The maximum absolute atomic E-state index is 12.0. The van der Waals surface area contributed by atoms with Gasteiger partial charge < -0.3 is 15.0 Å². The zero-order chi connectivity index (χ0) is 16.9. The van der Waals surface area contributed by atoms with Crippen LogP contribution in [0.15, 0.2) is 30.5 Å². The molecular formula is C15H21N3O4S. The van der Waals surface area contributed by atoms with E-state index in [1.54, 1.807) is 24.3 Å². The lowest BCUT2D eigenvalue weighted by Gasteiger charge is -2.32. The van der Waals surface area contributed by atoms with Gasteiger partial charge in [-0.3, -0.25) is 0 Å². The first-order valence-corrected chi connectivity index (χ1v) is 9.06. The van der Waals surface area contributed by atoms with Crippen LogP contribution >= 0.6 is 0 Å². The molecule has 0 radical (unpaired) electrons. The Hall–Kier alpha value is -2.06. The molecule has 1 aliphatic heterocycles. The molecule has 0 aromatic heterocycles. The number of nitrogens with zero attached hydrogens (tertiary/aromatic N) is 2. The largest absolute Gasteiger partial charge is 0.497 e. The molecule has 0 saturated carbocycles. The number of ether oxygens (including phenoxy) is 1. The molecule has 1 fully saturated rings. The first-order chi connectivity index (χ1) is 10.9. The van der Waals surface area contributed by atoms with Crippen LogP contribution in [0.1, 0.15) is 5.56 Å². The number of urea groups is 1. The van der Waals surface area contributed by atoms with Gasteiger partial charge in [0, 0.05) is 32.4 Å². The Kier molecular flexibility index (Phi) is 5.62. The van der Waals surface area contributed by atoms with Gasteiger partial charge in [0.1, 0.15) is 5.75 Å². The van der Waals surface area contributed by atoms with Crippen LogP contribution < -0.4 is 10.1 Å². The van der Waals surface area contributed by atoms with Crippen LogP contribution in [0.3, 0.4) is 0 Å². The second-order valence-electron chi connectivity index (χ2n) is 5.21. The van der Waals surface area contributed by atoms with E-state index in [4.69, 9.17) is 4.74 Å². The second-order valence-corrected chi connectivity index (χ2v) is 7.19. The zero-order valence-electron chi connectivity index (χ0n) is 13.2. The highest BCUT2D eigenvalue weighted by Gasteiger charge is 2.25. The number of benzene rings is 1. The van der Waals surface area contributed by atoms with Gasteiger partial charge in [-0.05, 0) is 23.8 Å². The fourth-order valence-corrected chi connectivity index (χ4v) is 3.06. The van der Waals surface area contributed by atoms with Crippen molar-refractivity contribution in [2.24, 2.45) is 0 Å². The van der Waals surface area contributed by atoms with Crippen LogP contribution in [0.25, 0.3) is 6.08 Å². The lowest BCUT2D eigenvalue weighted by Crippen LogP contribution is -2.52. The van der Waals surface area contributed by atoms with E-state index in [0.717, 1.165) is 11.3 Å². The molecule has 0 atom stereocenters. The van der Waals surface area contributed by atoms with Crippen LogP contribution in [-0.2, 0) is 10.0 Å². The van der Waals surface area contributed by atoms with Crippen LogP contribution in [0.2, 0.25) is 0 Å². The number of amides is 2. The summed E-state index contributed by atoms with van der Waals surface area (Å²) in [5.41, 5.74) is 0.938. The summed E-state index contributed by atoms with van der Waals surface area (Å²) in [7, 11) is -1.58. The van der Waals surface area contributed by atoms with E-state index < -0.39 is 10.0 Å². The van der Waals surface area contributed by atoms with Gasteiger partial charge in [-0.25, -0.2) is 13.2 Å². The van der Waals surface area contributed by atoms with Crippen molar-refractivity contribution in [1.82, 2.24) is 14.5 Å². The lowest BCUT2D eigenvalue weighted by molar-refractivity contribution is 0.176. The van der Waals surface area contributed by atoms with E-state index in [1.165, 1.54) is 10.6 Å². The van der Waals surface area contributed by atoms with Crippen molar-refractivity contribution in [2.75, 3.05) is 39.5 Å². The van der Waals surface area contributed by atoms with Crippen molar-refractivity contribution in [3.05, 3.63) is 36.0 Å². The highest BCUT2D eigenvalue weighted by atomic mass is 32.2. The van der Waals surface area contributed by atoms with Crippen molar-refractivity contribution in [2.45, 2.75) is 0 Å². The number of hydrogen-bond donors (Lipinski definition) is 1. The predicted octanol–water partition coefficient (Wildman–Crippen LogP) is 0.953. The quantitative estimate of drug-likeness (QED) is 0.886. The van der Waals surface area contributed by atoms with Crippen molar-refractivity contribution in [1.29, 1.82) is 0 Å². The van der Waals surface area contributed by atoms with Gasteiger partial charge in [-0.1, -0.05) is 12.1 Å². The van der Waals surface area contributed by atoms with Crippen LogP contribution in [-0.4, -0.2) is 63.2 Å². The topological polar surface area (TPSA) is 79.0 Å². The zero-order valence-corrected chi connectivity index (χ0v) is 14.0. The summed E-state index contributed by atoms with van der Waals surface area (Å²) < 4.78 is 29.3. The van der Waals surface area contributed by atoms with Gasteiger partial charge in [-0.2, -0.15) is 4.31 Å². The molecule has 7 nitrogen and oxygen atoms in total. The molecule has 0 spiro atoms. The third-order valence-corrected chi connectivity index (χ3v) is 4.90. The maximum atomic E-state index is 12.0. The van der Waals surface area contributed by atoms with Gasteiger partial charge in [0.25, 0.3) is 0 Å². The Balaban J connectivity index is 1.82. The Labute approximate surface area is 136 Å². The minimum atomic E-state index is -3.18. The number of carbonyl (C=O) groups excluding carboxylic acids is 1. The Morgan fingerprint density at radius 3 is 2.30 bits per heavy atom. The summed E-state index contributed by atoms with van der Waals surface area (Å²) in [6.45, 7) is 1.42. The van der Waals surface area contributed by atoms with Crippen molar-refractivity contribution in [3.8, 4) is 5.75 Å². The standard InChI is InChI=1S/C15H21N3O4S/c1-22-14-5-3-13(4-6-14)7-8-16-15(19)17-9-11-18(12-10-17)23(2,20)21/h3-8H,9-12H2,1-2H3,(H,16,19)/b8-7+. The summed E-state index contributed by atoms with van der Waals surface area (Å²) in [6, 6.07) is 7.21. The Morgan fingerprint density at radius 1 is 1.17 bits per heavy atom. The minimum Gasteiger partial charge on any atom is -0.497 e. The van der Waals surface area contributed by atoms with Gasteiger partial charge >= 0.3 is 6.03 Å². The van der Waals surface area contributed by atoms with Gasteiger partial charge in [0.15, 0.2) is 0 Å². The lowest BCUT2D eigenvalue weighted by atomic mass is 10.2. The van der Waals surface area contributed by atoms with E-state index in [2.05, 4.69) is 5.32 Å². The Morgan fingerprint density at radius 2 is 1.78 bits per heavy atom. The van der Waals surface area contributed by atoms with Gasteiger partial charge in [0.05, 0.1) is 13.4 Å². The molecule has 1 N–H and O–H groups in total. The SMILES string of the molecule is COc1ccc(/C=C/NC(=O)N2CCN(S(C)(=O)=O)CC2)cc1. The average molecular weight is 339 g/mol. The number of sulfonamides is 1. The molecule has 8 heteroatoms.